The van der Waals surface area contributed by atoms with E-state index >= 15 is 0 Å². The SMILES string of the molecule is NC(c1cccc(Cl)c1)C1CCOC2(CCSCC2)C1. The Morgan fingerprint density at radius 3 is 2.90 bits per heavy atom. The predicted molar refractivity (Wildman–Crippen MR) is 86.3 cm³/mol. The number of thioether (sulfide) groups is 1. The summed E-state index contributed by atoms with van der Waals surface area (Å²) in [5.41, 5.74) is 7.77. The molecular weight excluding hydrogens is 290 g/mol. The van der Waals surface area contributed by atoms with E-state index in [1.54, 1.807) is 0 Å². The highest BCUT2D eigenvalue weighted by atomic mass is 35.5. The highest BCUT2D eigenvalue weighted by Gasteiger charge is 2.40. The molecule has 2 nitrogen and oxygen atoms in total. The molecule has 2 heterocycles. The van der Waals surface area contributed by atoms with Gasteiger partial charge in [0.2, 0.25) is 0 Å². The topological polar surface area (TPSA) is 35.2 Å². The highest BCUT2D eigenvalue weighted by Crippen LogP contribution is 2.43. The summed E-state index contributed by atoms with van der Waals surface area (Å²) in [5, 5.41) is 0.772. The summed E-state index contributed by atoms with van der Waals surface area (Å²) in [6.45, 7) is 0.851. The van der Waals surface area contributed by atoms with Gasteiger partial charge in [0.05, 0.1) is 5.60 Å². The number of rotatable bonds is 2. The molecule has 110 valence electrons. The quantitative estimate of drug-likeness (QED) is 0.895. The molecule has 0 radical (unpaired) electrons. The maximum Gasteiger partial charge on any atom is 0.0701 e. The lowest BCUT2D eigenvalue weighted by Gasteiger charge is -2.44. The van der Waals surface area contributed by atoms with Crippen molar-refractivity contribution < 1.29 is 4.74 Å². The van der Waals surface area contributed by atoms with Crippen LogP contribution in [0.15, 0.2) is 24.3 Å². The minimum absolute atomic E-state index is 0.0732. The van der Waals surface area contributed by atoms with Crippen LogP contribution in [-0.2, 0) is 4.74 Å². The van der Waals surface area contributed by atoms with Crippen LogP contribution in [0.4, 0.5) is 0 Å². The van der Waals surface area contributed by atoms with Crippen molar-refractivity contribution in [3.05, 3.63) is 34.9 Å². The van der Waals surface area contributed by atoms with Crippen molar-refractivity contribution in [2.75, 3.05) is 18.1 Å². The Bertz CT molecular complexity index is 456. The third-order valence-electron chi connectivity index (χ3n) is 4.68. The van der Waals surface area contributed by atoms with E-state index in [9.17, 15) is 0 Å². The highest BCUT2D eigenvalue weighted by molar-refractivity contribution is 7.99. The average molecular weight is 312 g/mol. The third kappa shape index (κ3) is 3.16. The Morgan fingerprint density at radius 2 is 2.15 bits per heavy atom. The first-order valence-corrected chi connectivity index (χ1v) is 8.95. The number of hydrogen-bond acceptors (Lipinski definition) is 3. The van der Waals surface area contributed by atoms with Gasteiger partial charge in [0.15, 0.2) is 0 Å². The molecule has 3 rings (SSSR count). The molecule has 0 bridgehead atoms. The van der Waals surface area contributed by atoms with Crippen LogP contribution in [0.2, 0.25) is 5.02 Å². The summed E-state index contributed by atoms with van der Waals surface area (Å²) in [4.78, 5) is 0. The zero-order valence-corrected chi connectivity index (χ0v) is 13.3. The van der Waals surface area contributed by atoms with Gasteiger partial charge in [-0.15, -0.1) is 0 Å². The van der Waals surface area contributed by atoms with E-state index in [1.807, 2.05) is 30.0 Å². The van der Waals surface area contributed by atoms with Crippen LogP contribution in [0.1, 0.15) is 37.3 Å². The first kappa shape index (κ1) is 14.7. The second-order valence-corrected chi connectivity index (χ2v) is 7.64. The number of nitrogens with two attached hydrogens (primary N) is 1. The summed E-state index contributed by atoms with van der Waals surface area (Å²) in [5.74, 6) is 2.95. The molecule has 2 N–H and O–H groups in total. The van der Waals surface area contributed by atoms with Gasteiger partial charge in [-0.05, 0) is 60.8 Å². The molecule has 0 aromatic heterocycles. The fraction of sp³-hybridized carbons (Fsp3) is 0.625. The van der Waals surface area contributed by atoms with Crippen LogP contribution >= 0.6 is 23.4 Å². The van der Waals surface area contributed by atoms with Crippen LogP contribution in [0.3, 0.4) is 0 Å². The normalized spacial score (nSPS) is 27.4. The van der Waals surface area contributed by atoms with Crippen LogP contribution < -0.4 is 5.73 Å². The van der Waals surface area contributed by atoms with Crippen molar-refractivity contribution in [2.24, 2.45) is 11.7 Å². The Hall–Kier alpha value is -0.220. The van der Waals surface area contributed by atoms with Gasteiger partial charge in [0.25, 0.3) is 0 Å². The van der Waals surface area contributed by atoms with Gasteiger partial charge in [-0.2, -0.15) is 11.8 Å². The van der Waals surface area contributed by atoms with Crippen molar-refractivity contribution >= 4 is 23.4 Å². The molecule has 2 aliphatic heterocycles. The minimum Gasteiger partial charge on any atom is -0.375 e. The Balaban J connectivity index is 1.73. The molecule has 2 fully saturated rings. The van der Waals surface area contributed by atoms with Crippen molar-refractivity contribution in [1.29, 1.82) is 0 Å². The zero-order valence-electron chi connectivity index (χ0n) is 11.7. The molecule has 2 unspecified atom stereocenters. The van der Waals surface area contributed by atoms with E-state index in [0.29, 0.717) is 5.92 Å². The molecule has 0 saturated carbocycles. The van der Waals surface area contributed by atoms with Crippen LogP contribution in [0, 0.1) is 5.92 Å². The minimum atomic E-state index is 0.0732. The molecular formula is C16H22ClNOS. The van der Waals surface area contributed by atoms with E-state index in [0.717, 1.165) is 30.0 Å². The van der Waals surface area contributed by atoms with Crippen molar-refractivity contribution in [3.8, 4) is 0 Å². The largest absolute Gasteiger partial charge is 0.375 e. The number of ether oxygens (including phenoxy) is 1. The standard InChI is InChI=1S/C16H22ClNOS/c17-14-3-1-2-12(10-14)15(18)13-4-7-19-16(11-13)5-8-20-9-6-16/h1-3,10,13,15H,4-9,11,18H2. The van der Waals surface area contributed by atoms with Crippen molar-refractivity contribution in [2.45, 2.75) is 37.3 Å². The molecule has 20 heavy (non-hydrogen) atoms. The van der Waals surface area contributed by atoms with Gasteiger partial charge in [-0.25, -0.2) is 0 Å². The Kier molecular flexibility index (Phi) is 4.61. The number of halogens is 1. The van der Waals surface area contributed by atoms with Crippen molar-refractivity contribution in [3.63, 3.8) is 0 Å². The van der Waals surface area contributed by atoms with Gasteiger partial charge in [-0.3, -0.25) is 0 Å². The fourth-order valence-electron chi connectivity index (χ4n) is 3.45. The summed E-state index contributed by atoms with van der Waals surface area (Å²) >= 11 is 8.13. The van der Waals surface area contributed by atoms with E-state index < -0.39 is 0 Å². The molecule has 2 aliphatic rings. The van der Waals surface area contributed by atoms with E-state index in [4.69, 9.17) is 22.1 Å². The summed E-state index contributed by atoms with van der Waals surface area (Å²) in [7, 11) is 0. The lowest BCUT2D eigenvalue weighted by atomic mass is 9.77. The maximum atomic E-state index is 6.51. The lowest BCUT2D eigenvalue weighted by molar-refractivity contribution is -0.105. The second-order valence-electron chi connectivity index (χ2n) is 5.98. The van der Waals surface area contributed by atoms with Crippen LogP contribution in [0.5, 0.6) is 0 Å². The average Bonchev–Trinajstić information content (AvgIpc) is 2.47. The van der Waals surface area contributed by atoms with E-state index in [-0.39, 0.29) is 11.6 Å². The van der Waals surface area contributed by atoms with Gasteiger partial charge < -0.3 is 10.5 Å². The Labute approximate surface area is 130 Å². The second kappa shape index (κ2) is 6.27. The monoisotopic (exact) mass is 311 g/mol. The van der Waals surface area contributed by atoms with Crippen LogP contribution in [-0.4, -0.2) is 23.7 Å². The van der Waals surface area contributed by atoms with Gasteiger partial charge in [0, 0.05) is 17.7 Å². The van der Waals surface area contributed by atoms with Crippen LogP contribution in [0.25, 0.3) is 0 Å². The van der Waals surface area contributed by atoms with E-state index in [2.05, 4.69) is 6.07 Å². The molecule has 2 saturated heterocycles. The van der Waals surface area contributed by atoms with Crippen molar-refractivity contribution in [1.82, 2.24) is 0 Å². The number of benzene rings is 1. The summed E-state index contributed by atoms with van der Waals surface area (Å²) in [6, 6.07) is 8.07. The fourth-order valence-corrected chi connectivity index (χ4v) is 4.89. The molecule has 1 spiro atoms. The Morgan fingerprint density at radius 1 is 1.35 bits per heavy atom. The lowest BCUT2D eigenvalue weighted by Crippen LogP contribution is -2.45. The molecule has 2 atom stereocenters. The van der Waals surface area contributed by atoms with Gasteiger partial charge in [-0.1, -0.05) is 23.7 Å². The number of hydrogen-bond donors (Lipinski definition) is 1. The van der Waals surface area contributed by atoms with Gasteiger partial charge >= 0.3 is 0 Å². The smallest absolute Gasteiger partial charge is 0.0701 e. The predicted octanol–water partition coefficient (Wildman–Crippen LogP) is 4.03. The van der Waals surface area contributed by atoms with Gasteiger partial charge in [0.1, 0.15) is 0 Å². The molecule has 1 aromatic carbocycles. The maximum absolute atomic E-state index is 6.51. The van der Waals surface area contributed by atoms with E-state index in [1.165, 1.54) is 24.3 Å². The zero-order chi connectivity index (χ0) is 14.0. The molecule has 4 heteroatoms. The first-order chi connectivity index (χ1) is 9.69. The molecule has 0 aliphatic carbocycles. The third-order valence-corrected chi connectivity index (χ3v) is 5.90. The molecule has 0 amide bonds. The summed E-state index contributed by atoms with van der Waals surface area (Å²) < 4.78 is 6.15. The molecule has 1 aromatic rings. The first-order valence-electron chi connectivity index (χ1n) is 7.41. The summed E-state index contributed by atoms with van der Waals surface area (Å²) in [6.07, 6.45) is 4.51.